The molecule has 0 saturated heterocycles. The Morgan fingerprint density at radius 1 is 0.828 bits per heavy atom. The molecule has 4 rings (SSSR count). The Balaban J connectivity index is 1.37. The Bertz CT molecular complexity index is 1110. The van der Waals surface area contributed by atoms with Crippen LogP contribution in [-0.4, -0.2) is 10.2 Å². The van der Waals surface area contributed by atoms with Crippen molar-refractivity contribution >= 4 is 0 Å². The Morgan fingerprint density at radius 2 is 1.59 bits per heavy atom. The summed E-state index contributed by atoms with van der Waals surface area (Å²) in [6, 6.07) is 27.3. The molecule has 0 amide bonds. The number of benzene rings is 3. The van der Waals surface area contributed by atoms with Gasteiger partial charge in [-0.1, -0.05) is 48.5 Å². The van der Waals surface area contributed by atoms with Gasteiger partial charge in [0, 0.05) is 17.5 Å². The Kier molecular flexibility index (Phi) is 5.63. The maximum absolute atomic E-state index is 9.15. The van der Waals surface area contributed by atoms with E-state index in [2.05, 4.69) is 28.4 Å². The summed E-state index contributed by atoms with van der Waals surface area (Å²) in [4.78, 5) is 0. The van der Waals surface area contributed by atoms with Crippen LogP contribution < -0.4 is 4.74 Å². The van der Waals surface area contributed by atoms with Gasteiger partial charge in [0.15, 0.2) is 0 Å². The minimum Gasteiger partial charge on any atom is -0.489 e. The first-order valence-corrected chi connectivity index (χ1v) is 9.39. The molecule has 5 nitrogen and oxygen atoms in total. The van der Waals surface area contributed by atoms with Gasteiger partial charge in [-0.25, -0.2) is 0 Å². The first kappa shape index (κ1) is 18.5. The average molecular weight is 381 g/mol. The van der Waals surface area contributed by atoms with Crippen molar-refractivity contribution in [3.05, 3.63) is 101 Å². The summed E-state index contributed by atoms with van der Waals surface area (Å²) < 4.78 is 11.6. The topological polar surface area (TPSA) is 71.9 Å². The quantitative estimate of drug-likeness (QED) is 0.452. The molecule has 0 radical (unpaired) electrons. The van der Waals surface area contributed by atoms with Crippen molar-refractivity contribution in [1.29, 1.82) is 5.26 Å². The number of aromatic nitrogens is 2. The highest BCUT2D eigenvalue weighted by Crippen LogP contribution is 2.23. The second-order valence-electron chi connectivity index (χ2n) is 6.57. The molecule has 0 N–H and O–H groups in total. The molecule has 142 valence electrons. The maximum Gasteiger partial charge on any atom is 0.247 e. The van der Waals surface area contributed by atoms with Crippen molar-refractivity contribution in [2.24, 2.45) is 0 Å². The van der Waals surface area contributed by atoms with Crippen LogP contribution in [0.4, 0.5) is 0 Å². The van der Waals surface area contributed by atoms with Crippen molar-refractivity contribution in [3.8, 4) is 23.3 Å². The highest BCUT2D eigenvalue weighted by molar-refractivity contribution is 5.54. The molecule has 1 aromatic heterocycles. The molecule has 0 fully saturated rings. The van der Waals surface area contributed by atoms with E-state index in [1.807, 2.05) is 60.7 Å². The van der Waals surface area contributed by atoms with Gasteiger partial charge in [0.25, 0.3) is 0 Å². The zero-order valence-electron chi connectivity index (χ0n) is 15.8. The van der Waals surface area contributed by atoms with E-state index in [1.54, 1.807) is 6.07 Å². The molecule has 0 spiro atoms. The molecule has 4 aromatic rings. The summed E-state index contributed by atoms with van der Waals surface area (Å²) in [6.45, 7) is 0.341. The lowest BCUT2D eigenvalue weighted by molar-refractivity contribution is 0.306. The van der Waals surface area contributed by atoms with Crippen molar-refractivity contribution in [3.63, 3.8) is 0 Å². The van der Waals surface area contributed by atoms with Gasteiger partial charge in [0.1, 0.15) is 12.4 Å². The molecule has 29 heavy (non-hydrogen) atoms. The zero-order chi connectivity index (χ0) is 19.9. The molecule has 0 aliphatic heterocycles. The summed E-state index contributed by atoms with van der Waals surface area (Å²) in [5.74, 6) is 1.83. The van der Waals surface area contributed by atoms with Gasteiger partial charge in [-0.15, -0.1) is 10.2 Å². The molecule has 0 aliphatic rings. The largest absolute Gasteiger partial charge is 0.489 e. The van der Waals surface area contributed by atoms with E-state index in [0.29, 0.717) is 36.1 Å². The second kappa shape index (κ2) is 8.85. The van der Waals surface area contributed by atoms with E-state index in [9.17, 15) is 0 Å². The van der Waals surface area contributed by atoms with Crippen molar-refractivity contribution in [2.75, 3.05) is 0 Å². The minimum absolute atomic E-state index is 0.341. The fourth-order valence-corrected chi connectivity index (χ4v) is 2.98. The number of aryl methyl sites for hydroxylation is 2. The fraction of sp³-hybridized carbons (Fsp3) is 0.125. The first-order chi connectivity index (χ1) is 14.3. The van der Waals surface area contributed by atoms with Gasteiger partial charge in [0.05, 0.1) is 11.6 Å². The summed E-state index contributed by atoms with van der Waals surface area (Å²) >= 11 is 0. The first-order valence-electron chi connectivity index (χ1n) is 9.39. The van der Waals surface area contributed by atoms with Gasteiger partial charge in [-0.2, -0.15) is 5.26 Å². The lowest BCUT2D eigenvalue weighted by Gasteiger charge is -2.07. The third kappa shape index (κ3) is 4.69. The Morgan fingerprint density at radius 3 is 2.38 bits per heavy atom. The van der Waals surface area contributed by atoms with Crippen LogP contribution >= 0.6 is 0 Å². The van der Waals surface area contributed by atoms with E-state index >= 15 is 0 Å². The Hall–Kier alpha value is -3.91. The van der Waals surface area contributed by atoms with E-state index in [0.717, 1.165) is 17.5 Å². The zero-order valence-corrected chi connectivity index (χ0v) is 15.8. The molecule has 0 saturated carbocycles. The SMILES string of the molecule is N#Cc1ccccc1COc1ccc(-c2nnc(CCc3ccccc3)o2)cc1. The minimum atomic E-state index is 0.341. The van der Waals surface area contributed by atoms with Gasteiger partial charge < -0.3 is 9.15 Å². The second-order valence-corrected chi connectivity index (χ2v) is 6.57. The van der Waals surface area contributed by atoms with Crippen molar-refractivity contribution in [1.82, 2.24) is 10.2 Å². The molecule has 0 aliphatic carbocycles. The van der Waals surface area contributed by atoms with Crippen LogP contribution in [0.15, 0.2) is 83.3 Å². The average Bonchev–Trinajstić information content (AvgIpc) is 3.26. The van der Waals surface area contributed by atoms with E-state index in [4.69, 9.17) is 14.4 Å². The van der Waals surface area contributed by atoms with Crippen molar-refractivity contribution < 1.29 is 9.15 Å². The van der Waals surface area contributed by atoms with Crippen LogP contribution in [0.25, 0.3) is 11.5 Å². The number of hydrogen-bond acceptors (Lipinski definition) is 5. The molecule has 0 unspecified atom stereocenters. The van der Waals surface area contributed by atoms with Crippen molar-refractivity contribution in [2.45, 2.75) is 19.4 Å². The third-order valence-corrected chi connectivity index (χ3v) is 4.57. The number of hydrogen-bond donors (Lipinski definition) is 0. The third-order valence-electron chi connectivity index (χ3n) is 4.57. The highest BCUT2D eigenvalue weighted by Gasteiger charge is 2.09. The molecule has 0 bridgehead atoms. The van der Waals surface area contributed by atoms with Gasteiger partial charge in [-0.3, -0.25) is 0 Å². The summed E-state index contributed by atoms with van der Waals surface area (Å²) in [5, 5.41) is 17.5. The summed E-state index contributed by atoms with van der Waals surface area (Å²) in [6.07, 6.45) is 1.57. The smallest absolute Gasteiger partial charge is 0.247 e. The Labute approximate surface area is 169 Å². The summed E-state index contributed by atoms with van der Waals surface area (Å²) in [5.41, 5.74) is 3.57. The van der Waals surface area contributed by atoms with Crippen LogP contribution in [0.3, 0.4) is 0 Å². The molecule has 5 heteroatoms. The fourth-order valence-electron chi connectivity index (χ4n) is 2.98. The summed E-state index contributed by atoms with van der Waals surface area (Å²) in [7, 11) is 0. The molecule has 3 aromatic carbocycles. The van der Waals surface area contributed by atoms with Crippen LogP contribution in [0, 0.1) is 11.3 Å². The van der Waals surface area contributed by atoms with Gasteiger partial charge >= 0.3 is 0 Å². The molecule has 0 atom stereocenters. The number of nitriles is 1. The number of ether oxygens (including phenoxy) is 1. The molecular weight excluding hydrogens is 362 g/mol. The van der Waals surface area contributed by atoms with Crippen LogP contribution in [0.1, 0.15) is 22.6 Å². The van der Waals surface area contributed by atoms with E-state index < -0.39 is 0 Å². The number of nitrogens with zero attached hydrogens (tertiary/aromatic N) is 3. The highest BCUT2D eigenvalue weighted by atomic mass is 16.5. The standard InChI is InChI=1S/C24H19N3O2/c25-16-20-8-4-5-9-21(20)17-28-22-13-11-19(12-14-22)24-27-26-23(29-24)15-10-18-6-2-1-3-7-18/h1-9,11-14H,10,15,17H2. The molecular formula is C24H19N3O2. The predicted molar refractivity (Wildman–Crippen MR) is 109 cm³/mol. The molecule has 1 heterocycles. The number of rotatable bonds is 7. The van der Waals surface area contributed by atoms with Crippen LogP contribution in [-0.2, 0) is 19.4 Å². The van der Waals surface area contributed by atoms with Crippen LogP contribution in [0.2, 0.25) is 0 Å². The van der Waals surface area contributed by atoms with E-state index in [1.165, 1.54) is 5.56 Å². The lowest BCUT2D eigenvalue weighted by atomic mass is 10.1. The van der Waals surface area contributed by atoms with Gasteiger partial charge in [0.2, 0.25) is 11.8 Å². The normalized spacial score (nSPS) is 10.4. The van der Waals surface area contributed by atoms with Gasteiger partial charge in [-0.05, 0) is 42.3 Å². The van der Waals surface area contributed by atoms with E-state index in [-0.39, 0.29) is 0 Å². The maximum atomic E-state index is 9.15. The predicted octanol–water partition coefficient (Wildman–Crippen LogP) is 4.97. The monoisotopic (exact) mass is 381 g/mol. The van der Waals surface area contributed by atoms with Crippen LogP contribution in [0.5, 0.6) is 5.75 Å². The lowest BCUT2D eigenvalue weighted by Crippen LogP contribution is -1.98.